The maximum absolute atomic E-state index is 9.12. The van der Waals surface area contributed by atoms with Gasteiger partial charge in [-0.25, -0.2) is 0 Å². The molecule has 0 atom stereocenters. The zero-order valence-corrected chi connectivity index (χ0v) is 8.34. The second kappa shape index (κ2) is 2.55. The minimum Gasteiger partial charge on any atom is -0.197 e. The predicted octanol–water partition coefficient (Wildman–Crippen LogP) is 2.85. The number of nitrogens with zero attached hydrogens (tertiary/aromatic N) is 2. The molecule has 0 N–H and O–H groups in total. The molecule has 1 aliphatic rings. The van der Waals surface area contributed by atoms with Crippen LogP contribution in [0.1, 0.15) is 17.7 Å². The summed E-state index contributed by atoms with van der Waals surface area (Å²) in [4.78, 5) is 1.16. The van der Waals surface area contributed by atoms with E-state index in [1.807, 2.05) is 18.2 Å². The monoisotopic (exact) mass is 200 g/mol. The lowest BCUT2D eigenvalue weighted by Gasteiger charge is -2.00. The summed E-state index contributed by atoms with van der Waals surface area (Å²) in [6.07, 6.45) is 1.99. The molecule has 1 aliphatic carbocycles. The number of fused-ring (bicyclic) bond motifs is 1. The fourth-order valence-corrected chi connectivity index (χ4v) is 2.79. The van der Waals surface area contributed by atoms with Gasteiger partial charge in [0.05, 0.1) is 21.9 Å². The Labute approximate surface area is 86.0 Å². The molecular formula is C11H8N2S. The van der Waals surface area contributed by atoms with Crippen LogP contribution >= 0.6 is 11.5 Å². The van der Waals surface area contributed by atoms with Gasteiger partial charge < -0.3 is 0 Å². The van der Waals surface area contributed by atoms with Gasteiger partial charge in [0, 0.05) is 5.39 Å². The Hall–Kier alpha value is -1.40. The van der Waals surface area contributed by atoms with Crippen LogP contribution < -0.4 is 0 Å². The van der Waals surface area contributed by atoms with Crippen molar-refractivity contribution in [2.75, 3.05) is 0 Å². The molecule has 1 saturated carbocycles. The molecule has 1 fully saturated rings. The standard InChI is InChI=1S/C11H8N2S/c12-7-11(5-6-11)10-8-3-1-2-4-9(8)13-14-10/h1-4H,5-6H2. The molecule has 3 rings (SSSR count). The molecule has 1 aromatic heterocycles. The lowest BCUT2D eigenvalue weighted by Crippen LogP contribution is -1.98. The molecule has 0 unspecified atom stereocenters. The van der Waals surface area contributed by atoms with Crippen LogP contribution in [0.25, 0.3) is 10.9 Å². The smallest absolute Gasteiger partial charge is 0.0938 e. The van der Waals surface area contributed by atoms with Crippen molar-refractivity contribution < 1.29 is 0 Å². The van der Waals surface area contributed by atoms with Crippen molar-refractivity contribution >= 4 is 22.4 Å². The largest absolute Gasteiger partial charge is 0.197 e. The molecule has 2 aromatic rings. The Morgan fingerprint density at radius 1 is 1.36 bits per heavy atom. The van der Waals surface area contributed by atoms with Crippen molar-refractivity contribution in [2.45, 2.75) is 18.3 Å². The van der Waals surface area contributed by atoms with Gasteiger partial charge in [-0.1, -0.05) is 18.2 Å². The van der Waals surface area contributed by atoms with Crippen molar-refractivity contribution in [1.82, 2.24) is 4.37 Å². The number of nitriles is 1. The van der Waals surface area contributed by atoms with Crippen LogP contribution in [0.3, 0.4) is 0 Å². The van der Waals surface area contributed by atoms with E-state index < -0.39 is 0 Å². The van der Waals surface area contributed by atoms with E-state index in [2.05, 4.69) is 16.5 Å². The number of aromatic nitrogens is 1. The summed E-state index contributed by atoms with van der Waals surface area (Å²) in [6, 6.07) is 10.5. The lowest BCUT2D eigenvalue weighted by molar-refractivity contribution is 0.946. The molecule has 2 nitrogen and oxygen atoms in total. The summed E-state index contributed by atoms with van der Waals surface area (Å²) in [5.74, 6) is 0. The Morgan fingerprint density at radius 2 is 2.14 bits per heavy atom. The Morgan fingerprint density at radius 3 is 2.86 bits per heavy atom. The van der Waals surface area contributed by atoms with Crippen LogP contribution in [0.15, 0.2) is 24.3 Å². The third-order valence-electron chi connectivity index (χ3n) is 2.78. The summed E-state index contributed by atoms with van der Waals surface area (Å²) in [6.45, 7) is 0. The average Bonchev–Trinajstić information content (AvgIpc) is 2.91. The molecular weight excluding hydrogens is 192 g/mol. The predicted molar refractivity (Wildman–Crippen MR) is 56.1 cm³/mol. The van der Waals surface area contributed by atoms with Gasteiger partial charge in [0.15, 0.2) is 0 Å². The third-order valence-corrected chi connectivity index (χ3v) is 3.86. The number of hydrogen-bond donors (Lipinski definition) is 0. The average molecular weight is 200 g/mol. The molecule has 1 heterocycles. The van der Waals surface area contributed by atoms with Gasteiger partial charge >= 0.3 is 0 Å². The van der Waals surface area contributed by atoms with Gasteiger partial charge in [-0.15, -0.1) is 0 Å². The summed E-state index contributed by atoms with van der Waals surface area (Å²) in [5.41, 5.74) is 0.829. The highest BCUT2D eigenvalue weighted by atomic mass is 32.1. The first-order chi connectivity index (χ1) is 6.86. The van der Waals surface area contributed by atoms with Gasteiger partial charge in [0.2, 0.25) is 0 Å². The number of hydrogen-bond acceptors (Lipinski definition) is 3. The van der Waals surface area contributed by atoms with Crippen LogP contribution in [0.4, 0.5) is 0 Å². The van der Waals surface area contributed by atoms with E-state index in [9.17, 15) is 0 Å². The van der Waals surface area contributed by atoms with Crippen molar-refractivity contribution in [3.63, 3.8) is 0 Å². The minimum absolute atomic E-state index is 0.194. The van der Waals surface area contributed by atoms with Crippen LogP contribution in [0.2, 0.25) is 0 Å². The first-order valence-electron chi connectivity index (χ1n) is 4.62. The lowest BCUT2D eigenvalue weighted by atomic mass is 10.0. The molecule has 0 bridgehead atoms. The maximum atomic E-state index is 9.12. The van der Waals surface area contributed by atoms with Crippen molar-refractivity contribution in [1.29, 1.82) is 5.26 Å². The first-order valence-corrected chi connectivity index (χ1v) is 5.39. The Kier molecular flexibility index (Phi) is 1.45. The van der Waals surface area contributed by atoms with E-state index in [-0.39, 0.29) is 5.41 Å². The summed E-state index contributed by atoms with van der Waals surface area (Å²) in [5, 5.41) is 10.3. The van der Waals surface area contributed by atoms with Crippen molar-refractivity contribution in [3.05, 3.63) is 29.1 Å². The van der Waals surface area contributed by atoms with Crippen molar-refractivity contribution in [3.8, 4) is 6.07 Å². The third kappa shape index (κ3) is 0.919. The molecule has 0 amide bonds. The highest BCUT2D eigenvalue weighted by Gasteiger charge is 2.47. The normalized spacial score (nSPS) is 17.9. The highest BCUT2D eigenvalue weighted by molar-refractivity contribution is 7.07. The van der Waals surface area contributed by atoms with E-state index in [0.717, 1.165) is 28.6 Å². The second-order valence-corrected chi connectivity index (χ2v) is 4.50. The van der Waals surface area contributed by atoms with Gasteiger partial charge in [-0.2, -0.15) is 9.64 Å². The van der Waals surface area contributed by atoms with Gasteiger partial charge in [-0.05, 0) is 30.4 Å². The summed E-state index contributed by atoms with van der Waals surface area (Å²) >= 11 is 1.48. The van der Waals surface area contributed by atoms with Crippen molar-refractivity contribution in [2.24, 2.45) is 0 Å². The Balaban J connectivity index is 2.29. The molecule has 3 heteroatoms. The first kappa shape index (κ1) is 7.95. The van der Waals surface area contributed by atoms with Crippen LogP contribution in [-0.4, -0.2) is 4.37 Å². The second-order valence-electron chi connectivity index (χ2n) is 3.72. The number of benzene rings is 1. The molecule has 0 aliphatic heterocycles. The highest BCUT2D eigenvalue weighted by Crippen LogP contribution is 2.51. The van der Waals surface area contributed by atoms with Gasteiger partial charge in [0.25, 0.3) is 0 Å². The molecule has 14 heavy (non-hydrogen) atoms. The van der Waals surface area contributed by atoms with Crippen LogP contribution in [0.5, 0.6) is 0 Å². The summed E-state index contributed by atoms with van der Waals surface area (Å²) in [7, 11) is 0. The topological polar surface area (TPSA) is 36.7 Å². The maximum Gasteiger partial charge on any atom is 0.0938 e. The molecule has 1 aromatic carbocycles. The van der Waals surface area contributed by atoms with E-state index in [1.54, 1.807) is 0 Å². The van der Waals surface area contributed by atoms with Crippen LogP contribution in [-0.2, 0) is 5.41 Å². The molecule has 0 spiro atoms. The van der Waals surface area contributed by atoms with E-state index >= 15 is 0 Å². The van der Waals surface area contributed by atoms with E-state index in [4.69, 9.17) is 5.26 Å². The number of rotatable bonds is 1. The SMILES string of the molecule is N#CC1(c2snc3ccccc23)CC1. The minimum atomic E-state index is -0.194. The fourth-order valence-electron chi connectivity index (χ4n) is 1.75. The molecule has 0 radical (unpaired) electrons. The van der Waals surface area contributed by atoms with E-state index in [0.29, 0.717) is 0 Å². The molecule has 0 saturated heterocycles. The zero-order chi connectivity index (χ0) is 9.60. The van der Waals surface area contributed by atoms with E-state index in [1.165, 1.54) is 11.5 Å². The molecule has 68 valence electrons. The van der Waals surface area contributed by atoms with Gasteiger partial charge in [0.1, 0.15) is 0 Å². The summed E-state index contributed by atoms with van der Waals surface area (Å²) < 4.78 is 4.36. The van der Waals surface area contributed by atoms with Gasteiger partial charge in [-0.3, -0.25) is 0 Å². The fraction of sp³-hybridized carbons (Fsp3) is 0.273. The Bertz CT molecular complexity index is 531. The quantitative estimate of drug-likeness (QED) is 0.709. The van der Waals surface area contributed by atoms with Crippen LogP contribution in [0, 0.1) is 11.3 Å². The zero-order valence-electron chi connectivity index (χ0n) is 7.53.